The van der Waals surface area contributed by atoms with Gasteiger partial charge in [0, 0.05) is 12.6 Å². The fourth-order valence-electron chi connectivity index (χ4n) is 1.95. The molecule has 0 heterocycles. The van der Waals surface area contributed by atoms with E-state index in [4.69, 9.17) is 12.2 Å². The zero-order valence-corrected chi connectivity index (χ0v) is 13.3. The molecule has 118 valence electrons. The predicted molar refractivity (Wildman–Crippen MR) is 94.3 cm³/mol. The average molecular weight is 328 g/mol. The third-order valence-electron chi connectivity index (χ3n) is 3.11. The third-order valence-corrected chi connectivity index (χ3v) is 3.35. The Morgan fingerprint density at radius 2 is 1.83 bits per heavy atom. The van der Waals surface area contributed by atoms with Gasteiger partial charge in [0.1, 0.15) is 0 Å². The summed E-state index contributed by atoms with van der Waals surface area (Å²) >= 11 is 5.14. The molecule has 0 atom stereocenters. The Bertz CT molecular complexity index is 732. The first-order valence-electron chi connectivity index (χ1n) is 6.94. The highest BCUT2D eigenvalue weighted by molar-refractivity contribution is 7.80. The van der Waals surface area contributed by atoms with Gasteiger partial charge in [-0.1, -0.05) is 42.5 Å². The van der Waals surface area contributed by atoms with Crippen molar-refractivity contribution in [3.8, 4) is 0 Å². The van der Waals surface area contributed by atoms with Crippen LogP contribution in [0, 0.1) is 10.1 Å². The van der Waals surface area contributed by atoms with Gasteiger partial charge in [-0.15, -0.1) is 0 Å². The topological polar surface area (TPSA) is 79.6 Å². The highest BCUT2D eigenvalue weighted by Gasteiger charge is 2.14. The molecular weight excluding hydrogens is 312 g/mol. The predicted octanol–water partition coefficient (Wildman–Crippen LogP) is 2.98. The van der Waals surface area contributed by atoms with Crippen LogP contribution in [0.25, 0.3) is 0 Å². The Hall–Kier alpha value is -2.80. The third kappa shape index (κ3) is 4.86. The van der Waals surface area contributed by atoms with Crippen LogP contribution in [0.1, 0.15) is 18.1 Å². The first kappa shape index (κ1) is 16.6. The van der Waals surface area contributed by atoms with E-state index < -0.39 is 4.92 Å². The van der Waals surface area contributed by atoms with Crippen LogP contribution in [0.2, 0.25) is 0 Å². The molecule has 2 rings (SSSR count). The molecule has 0 aliphatic carbocycles. The molecule has 0 aliphatic heterocycles. The number of nitrogens with zero attached hydrogens (tertiary/aromatic N) is 2. The Balaban J connectivity index is 1.97. The molecule has 23 heavy (non-hydrogen) atoms. The fraction of sp³-hybridized carbons (Fsp3) is 0.125. The van der Waals surface area contributed by atoms with Crippen LogP contribution in [0.5, 0.6) is 0 Å². The van der Waals surface area contributed by atoms with Gasteiger partial charge in [0.15, 0.2) is 5.11 Å². The van der Waals surface area contributed by atoms with Crippen molar-refractivity contribution in [2.75, 3.05) is 0 Å². The highest BCUT2D eigenvalue weighted by Crippen LogP contribution is 2.18. The summed E-state index contributed by atoms with van der Waals surface area (Å²) in [4.78, 5) is 10.6. The lowest BCUT2D eigenvalue weighted by atomic mass is 10.1. The fourth-order valence-corrected chi connectivity index (χ4v) is 2.07. The summed E-state index contributed by atoms with van der Waals surface area (Å²) in [6.45, 7) is 2.27. The summed E-state index contributed by atoms with van der Waals surface area (Å²) in [5.41, 5.74) is 4.75. The molecule has 2 aromatic rings. The molecule has 2 N–H and O–H groups in total. The van der Waals surface area contributed by atoms with Crippen LogP contribution in [-0.2, 0) is 6.54 Å². The van der Waals surface area contributed by atoms with Crippen LogP contribution in [-0.4, -0.2) is 15.7 Å². The number of hydrogen-bond donors (Lipinski definition) is 2. The Morgan fingerprint density at radius 1 is 1.17 bits per heavy atom. The van der Waals surface area contributed by atoms with Crippen LogP contribution >= 0.6 is 12.2 Å². The minimum atomic E-state index is -0.430. The van der Waals surface area contributed by atoms with Crippen molar-refractivity contribution in [1.82, 2.24) is 10.7 Å². The number of nitrogens with one attached hydrogen (secondary N) is 2. The second-order valence-corrected chi connectivity index (χ2v) is 5.16. The second kappa shape index (κ2) is 8.00. The first-order chi connectivity index (χ1) is 11.1. The van der Waals surface area contributed by atoms with E-state index in [0.717, 1.165) is 5.56 Å². The highest BCUT2D eigenvalue weighted by atomic mass is 32.1. The number of thiocarbonyl (C=S) groups is 1. The number of nitro groups is 1. The lowest BCUT2D eigenvalue weighted by molar-refractivity contribution is -0.385. The molecule has 0 spiro atoms. The molecule has 0 saturated heterocycles. The van der Waals surface area contributed by atoms with E-state index in [1.165, 1.54) is 6.07 Å². The monoisotopic (exact) mass is 328 g/mol. The van der Waals surface area contributed by atoms with Gasteiger partial charge < -0.3 is 5.32 Å². The van der Waals surface area contributed by atoms with Gasteiger partial charge in [-0.05, 0) is 30.8 Å². The molecular formula is C16H16N4O2S. The zero-order chi connectivity index (χ0) is 16.7. The van der Waals surface area contributed by atoms with E-state index in [1.807, 2.05) is 30.3 Å². The first-order valence-corrected chi connectivity index (χ1v) is 7.34. The molecule has 0 unspecified atom stereocenters. The lowest BCUT2D eigenvalue weighted by Crippen LogP contribution is -2.32. The summed E-state index contributed by atoms with van der Waals surface area (Å²) in [5.74, 6) is 0. The molecule has 0 saturated carbocycles. The van der Waals surface area contributed by atoms with E-state index in [2.05, 4.69) is 15.8 Å². The molecule has 2 aromatic carbocycles. The number of hydrazone groups is 1. The van der Waals surface area contributed by atoms with Crippen molar-refractivity contribution >= 4 is 28.7 Å². The summed E-state index contributed by atoms with van der Waals surface area (Å²) in [6.07, 6.45) is 0. The van der Waals surface area contributed by atoms with E-state index in [0.29, 0.717) is 22.9 Å². The van der Waals surface area contributed by atoms with Crippen molar-refractivity contribution in [2.24, 2.45) is 5.10 Å². The van der Waals surface area contributed by atoms with Crippen LogP contribution in [0.15, 0.2) is 59.7 Å². The van der Waals surface area contributed by atoms with E-state index in [9.17, 15) is 10.1 Å². The molecule has 6 nitrogen and oxygen atoms in total. The maximum absolute atomic E-state index is 11.0. The minimum absolute atomic E-state index is 0.0127. The number of nitro benzene ring substituents is 1. The van der Waals surface area contributed by atoms with Gasteiger partial charge in [-0.25, -0.2) is 0 Å². The zero-order valence-electron chi connectivity index (χ0n) is 12.5. The standard InChI is InChI=1S/C16H16N4O2S/c1-12(14-9-5-6-10-15(14)20(21)22)18-19-16(23)17-11-13-7-3-2-4-8-13/h2-10H,11H2,1H3,(H2,17,19,23)/b18-12-. The Labute approximate surface area is 139 Å². The van der Waals surface area contributed by atoms with Crippen molar-refractivity contribution < 1.29 is 4.92 Å². The smallest absolute Gasteiger partial charge is 0.278 e. The molecule has 0 radical (unpaired) electrons. The van der Waals surface area contributed by atoms with Gasteiger partial charge in [0.25, 0.3) is 5.69 Å². The van der Waals surface area contributed by atoms with Gasteiger partial charge >= 0.3 is 0 Å². The summed E-state index contributed by atoms with van der Waals surface area (Å²) in [5, 5.41) is 18.5. The minimum Gasteiger partial charge on any atom is -0.357 e. The van der Waals surface area contributed by atoms with E-state index >= 15 is 0 Å². The van der Waals surface area contributed by atoms with Crippen LogP contribution in [0.4, 0.5) is 5.69 Å². The molecule has 0 aromatic heterocycles. The van der Waals surface area contributed by atoms with Crippen molar-refractivity contribution in [3.05, 3.63) is 75.8 Å². The number of benzene rings is 2. The van der Waals surface area contributed by atoms with Gasteiger partial charge in [-0.2, -0.15) is 5.10 Å². The summed E-state index contributed by atoms with van der Waals surface area (Å²) in [7, 11) is 0. The quantitative estimate of drug-likeness (QED) is 0.382. The van der Waals surface area contributed by atoms with Crippen LogP contribution in [0.3, 0.4) is 0 Å². The molecule has 0 bridgehead atoms. The lowest BCUT2D eigenvalue weighted by Gasteiger charge is -2.08. The normalized spacial score (nSPS) is 10.9. The largest absolute Gasteiger partial charge is 0.357 e. The van der Waals surface area contributed by atoms with Crippen molar-refractivity contribution in [2.45, 2.75) is 13.5 Å². The molecule has 0 fully saturated rings. The summed E-state index contributed by atoms with van der Waals surface area (Å²) < 4.78 is 0. The Morgan fingerprint density at radius 3 is 2.52 bits per heavy atom. The van der Waals surface area contributed by atoms with E-state index in [1.54, 1.807) is 25.1 Å². The van der Waals surface area contributed by atoms with Crippen LogP contribution < -0.4 is 10.7 Å². The van der Waals surface area contributed by atoms with Gasteiger partial charge in [-0.3, -0.25) is 15.5 Å². The maximum atomic E-state index is 11.0. The maximum Gasteiger partial charge on any atom is 0.278 e. The number of para-hydroxylation sites is 1. The number of hydrogen-bond acceptors (Lipinski definition) is 4. The van der Waals surface area contributed by atoms with Gasteiger partial charge in [0.05, 0.1) is 16.2 Å². The van der Waals surface area contributed by atoms with Gasteiger partial charge in [0.2, 0.25) is 0 Å². The van der Waals surface area contributed by atoms with E-state index in [-0.39, 0.29) is 5.69 Å². The SMILES string of the molecule is C/C(=N/NC(=S)NCc1ccccc1)c1ccccc1[N+](=O)[O-]. The number of rotatable bonds is 5. The summed E-state index contributed by atoms with van der Waals surface area (Å²) in [6, 6.07) is 16.3. The van der Waals surface area contributed by atoms with Crippen molar-refractivity contribution in [1.29, 1.82) is 0 Å². The molecule has 0 aliphatic rings. The molecule has 0 amide bonds. The molecule has 7 heteroatoms. The average Bonchev–Trinajstić information content (AvgIpc) is 2.58. The second-order valence-electron chi connectivity index (χ2n) is 4.75. The van der Waals surface area contributed by atoms with Crippen molar-refractivity contribution in [3.63, 3.8) is 0 Å². The Kier molecular flexibility index (Phi) is 5.76.